The summed E-state index contributed by atoms with van der Waals surface area (Å²) in [4.78, 5) is 16.8. The smallest absolute Gasteiger partial charge is 0.397 e. The van der Waals surface area contributed by atoms with Crippen molar-refractivity contribution in [2.24, 2.45) is 0 Å². The molecule has 110 valence electrons. The van der Waals surface area contributed by atoms with Crippen LogP contribution in [-0.4, -0.2) is 30.7 Å². The molecule has 1 aliphatic heterocycles. The molecular formula is C12H14F3N3O2. The molecule has 1 saturated heterocycles. The van der Waals surface area contributed by atoms with Gasteiger partial charge in [0.2, 0.25) is 5.91 Å². The normalized spacial score (nSPS) is 16.4. The molecule has 1 aromatic rings. The second kappa shape index (κ2) is 5.68. The molecule has 1 heterocycles. The molecule has 0 unspecified atom stereocenters. The van der Waals surface area contributed by atoms with Gasteiger partial charge < -0.3 is 11.1 Å². The Morgan fingerprint density at radius 3 is 2.75 bits per heavy atom. The first kappa shape index (κ1) is 14.6. The lowest BCUT2D eigenvalue weighted by Crippen LogP contribution is -2.30. The van der Waals surface area contributed by atoms with E-state index in [0.29, 0.717) is 13.2 Å². The van der Waals surface area contributed by atoms with Gasteiger partial charge in [0.1, 0.15) is 6.54 Å². The molecular weight excluding hydrogens is 275 g/mol. The van der Waals surface area contributed by atoms with Crippen molar-refractivity contribution in [2.75, 3.05) is 30.7 Å². The zero-order valence-corrected chi connectivity index (χ0v) is 10.5. The van der Waals surface area contributed by atoms with Crippen molar-refractivity contribution in [2.45, 2.75) is 12.6 Å². The van der Waals surface area contributed by atoms with E-state index in [1.807, 2.05) is 0 Å². The van der Waals surface area contributed by atoms with Gasteiger partial charge in [0.25, 0.3) is 0 Å². The van der Waals surface area contributed by atoms with E-state index in [2.05, 4.69) is 5.32 Å². The Bertz CT molecular complexity index is 499. The van der Waals surface area contributed by atoms with E-state index in [1.54, 1.807) is 0 Å². The summed E-state index contributed by atoms with van der Waals surface area (Å²) >= 11 is 0. The monoisotopic (exact) mass is 289 g/mol. The van der Waals surface area contributed by atoms with Gasteiger partial charge in [0.05, 0.1) is 23.5 Å². The summed E-state index contributed by atoms with van der Waals surface area (Å²) in [5.74, 6) is -0.390. The van der Waals surface area contributed by atoms with E-state index in [4.69, 9.17) is 10.6 Å². The molecule has 1 amide bonds. The summed E-state index contributed by atoms with van der Waals surface area (Å²) in [6, 6.07) is 2.81. The SMILES string of the molecule is Nc1cc(C(F)(F)F)ccc1NC(=O)CN1CCCO1. The summed E-state index contributed by atoms with van der Waals surface area (Å²) in [7, 11) is 0. The predicted octanol–water partition coefficient (Wildman–Crippen LogP) is 1.86. The number of amides is 1. The molecule has 0 aliphatic carbocycles. The number of carbonyl (C=O) groups is 1. The first-order valence-corrected chi connectivity index (χ1v) is 6.01. The fourth-order valence-electron chi connectivity index (χ4n) is 1.83. The molecule has 1 aromatic carbocycles. The molecule has 1 aliphatic rings. The number of nitrogens with two attached hydrogens (primary N) is 1. The fourth-order valence-corrected chi connectivity index (χ4v) is 1.83. The fraction of sp³-hybridized carbons (Fsp3) is 0.417. The Balaban J connectivity index is 2.00. The molecule has 2 rings (SSSR count). The lowest BCUT2D eigenvalue weighted by Gasteiger charge is -2.15. The van der Waals surface area contributed by atoms with Crippen LogP contribution in [0, 0.1) is 0 Å². The maximum atomic E-state index is 12.5. The average Bonchev–Trinajstić information content (AvgIpc) is 2.83. The summed E-state index contributed by atoms with van der Waals surface area (Å²) in [5.41, 5.74) is 4.69. The molecule has 0 aromatic heterocycles. The highest BCUT2D eigenvalue weighted by Gasteiger charge is 2.30. The van der Waals surface area contributed by atoms with Crippen LogP contribution in [0.3, 0.4) is 0 Å². The number of anilines is 2. The zero-order chi connectivity index (χ0) is 14.8. The van der Waals surface area contributed by atoms with E-state index in [0.717, 1.165) is 24.6 Å². The molecule has 0 radical (unpaired) electrons. The van der Waals surface area contributed by atoms with Gasteiger partial charge in [-0.1, -0.05) is 0 Å². The maximum Gasteiger partial charge on any atom is 0.416 e. The first-order valence-electron chi connectivity index (χ1n) is 6.01. The van der Waals surface area contributed by atoms with Gasteiger partial charge in [0, 0.05) is 6.54 Å². The summed E-state index contributed by atoms with van der Waals surface area (Å²) in [6.45, 7) is 1.23. The minimum absolute atomic E-state index is 0.0143. The van der Waals surface area contributed by atoms with Crippen molar-refractivity contribution < 1.29 is 22.8 Å². The van der Waals surface area contributed by atoms with Crippen LogP contribution >= 0.6 is 0 Å². The molecule has 0 saturated carbocycles. The molecule has 5 nitrogen and oxygen atoms in total. The highest BCUT2D eigenvalue weighted by Crippen LogP contribution is 2.32. The van der Waals surface area contributed by atoms with Gasteiger partial charge in [-0.05, 0) is 24.6 Å². The van der Waals surface area contributed by atoms with E-state index >= 15 is 0 Å². The lowest BCUT2D eigenvalue weighted by atomic mass is 10.1. The standard InChI is InChI=1S/C12H14F3N3O2/c13-12(14,15)8-2-3-10(9(16)6-8)17-11(19)7-18-4-1-5-20-18/h2-3,6H,1,4-5,7,16H2,(H,17,19). The van der Waals surface area contributed by atoms with E-state index in [-0.39, 0.29) is 17.9 Å². The minimum Gasteiger partial charge on any atom is -0.397 e. The number of nitrogens with zero attached hydrogens (tertiary/aromatic N) is 1. The van der Waals surface area contributed by atoms with Gasteiger partial charge in [-0.2, -0.15) is 18.2 Å². The molecule has 0 spiro atoms. The highest BCUT2D eigenvalue weighted by molar-refractivity contribution is 5.95. The number of hydrogen-bond donors (Lipinski definition) is 2. The topological polar surface area (TPSA) is 67.6 Å². The average molecular weight is 289 g/mol. The van der Waals surface area contributed by atoms with Crippen LogP contribution in [0.4, 0.5) is 24.5 Å². The number of carbonyl (C=O) groups excluding carboxylic acids is 1. The number of hydroxylamine groups is 2. The predicted molar refractivity (Wildman–Crippen MR) is 66.6 cm³/mol. The number of halogens is 3. The van der Waals surface area contributed by atoms with Crippen molar-refractivity contribution >= 4 is 17.3 Å². The van der Waals surface area contributed by atoms with E-state index in [1.165, 1.54) is 5.06 Å². The van der Waals surface area contributed by atoms with Crippen LogP contribution in [0.25, 0.3) is 0 Å². The van der Waals surface area contributed by atoms with Gasteiger partial charge in [-0.3, -0.25) is 9.63 Å². The second-order valence-electron chi connectivity index (χ2n) is 4.40. The Labute approximate surface area is 113 Å². The van der Waals surface area contributed by atoms with E-state index < -0.39 is 17.6 Å². The summed E-state index contributed by atoms with van der Waals surface area (Å²) in [5, 5.41) is 3.96. The number of nitrogens with one attached hydrogen (secondary N) is 1. The van der Waals surface area contributed by atoms with E-state index in [9.17, 15) is 18.0 Å². The zero-order valence-electron chi connectivity index (χ0n) is 10.5. The first-order chi connectivity index (χ1) is 9.36. The van der Waals surface area contributed by atoms with Crippen LogP contribution in [0.15, 0.2) is 18.2 Å². The third-order valence-electron chi connectivity index (χ3n) is 2.80. The lowest BCUT2D eigenvalue weighted by molar-refractivity contribution is -0.138. The van der Waals surface area contributed by atoms with Crippen molar-refractivity contribution in [3.63, 3.8) is 0 Å². The van der Waals surface area contributed by atoms with Crippen molar-refractivity contribution in [1.29, 1.82) is 0 Å². The largest absolute Gasteiger partial charge is 0.416 e. The quantitative estimate of drug-likeness (QED) is 0.834. The molecule has 8 heteroatoms. The number of alkyl halides is 3. The second-order valence-corrected chi connectivity index (χ2v) is 4.40. The number of rotatable bonds is 3. The van der Waals surface area contributed by atoms with Crippen molar-refractivity contribution in [3.05, 3.63) is 23.8 Å². The molecule has 20 heavy (non-hydrogen) atoms. The van der Waals surface area contributed by atoms with Crippen LogP contribution in [0.1, 0.15) is 12.0 Å². The van der Waals surface area contributed by atoms with Crippen molar-refractivity contribution in [3.8, 4) is 0 Å². The maximum absolute atomic E-state index is 12.5. The highest BCUT2D eigenvalue weighted by atomic mass is 19.4. The molecule has 3 N–H and O–H groups in total. The molecule has 0 bridgehead atoms. The Morgan fingerprint density at radius 1 is 1.45 bits per heavy atom. The number of benzene rings is 1. The Kier molecular flexibility index (Phi) is 4.15. The summed E-state index contributed by atoms with van der Waals surface area (Å²) in [6.07, 6.45) is -3.62. The summed E-state index contributed by atoms with van der Waals surface area (Å²) < 4.78 is 37.4. The van der Waals surface area contributed by atoms with Gasteiger partial charge in [-0.15, -0.1) is 0 Å². The molecule has 1 fully saturated rings. The number of nitrogen functional groups attached to an aromatic ring is 1. The third kappa shape index (κ3) is 3.61. The van der Waals surface area contributed by atoms with Crippen LogP contribution in [-0.2, 0) is 15.8 Å². The van der Waals surface area contributed by atoms with Gasteiger partial charge in [-0.25, -0.2) is 0 Å². The Hall–Kier alpha value is -1.80. The van der Waals surface area contributed by atoms with Gasteiger partial charge >= 0.3 is 6.18 Å². The van der Waals surface area contributed by atoms with Crippen LogP contribution < -0.4 is 11.1 Å². The van der Waals surface area contributed by atoms with Gasteiger partial charge in [0.15, 0.2) is 0 Å². The van der Waals surface area contributed by atoms with Crippen molar-refractivity contribution in [1.82, 2.24) is 5.06 Å². The number of hydrogen-bond acceptors (Lipinski definition) is 4. The van der Waals surface area contributed by atoms with Crippen LogP contribution in [0.5, 0.6) is 0 Å². The Morgan fingerprint density at radius 2 is 2.20 bits per heavy atom. The minimum atomic E-state index is -4.46. The van der Waals surface area contributed by atoms with Crippen LogP contribution in [0.2, 0.25) is 0 Å². The third-order valence-corrected chi connectivity index (χ3v) is 2.80. The molecule has 0 atom stereocenters.